The Balaban J connectivity index is 1.27. The van der Waals surface area contributed by atoms with Gasteiger partial charge < -0.3 is 0 Å². The Labute approximate surface area is 291 Å². The van der Waals surface area contributed by atoms with Crippen molar-refractivity contribution in [1.82, 2.24) is 9.38 Å². The van der Waals surface area contributed by atoms with Crippen molar-refractivity contribution >= 4 is 96.4 Å². The Hall–Kier alpha value is -5.30. The van der Waals surface area contributed by atoms with Gasteiger partial charge in [0.05, 0.1) is 0 Å². The van der Waals surface area contributed by atoms with Gasteiger partial charge in [-0.1, -0.05) is 30.3 Å². The van der Waals surface area contributed by atoms with Crippen molar-refractivity contribution in [3.63, 3.8) is 0 Å². The van der Waals surface area contributed by atoms with Crippen LogP contribution in [0.3, 0.4) is 0 Å². The van der Waals surface area contributed by atoms with E-state index in [0.717, 1.165) is 22.1 Å². The number of imidazole rings is 1. The molecular formula is C45H29N2PSe. The topological polar surface area (TPSA) is 17.3 Å². The van der Waals surface area contributed by atoms with Gasteiger partial charge >= 0.3 is 252 Å². The van der Waals surface area contributed by atoms with Crippen molar-refractivity contribution in [1.29, 1.82) is 0 Å². The van der Waals surface area contributed by atoms with Crippen LogP contribution in [-0.2, 0) is 0 Å². The Morgan fingerprint density at radius 3 is 1.76 bits per heavy atom. The fraction of sp³-hybridized carbons (Fsp3) is 0. The van der Waals surface area contributed by atoms with E-state index in [1.807, 2.05) is 0 Å². The number of rotatable bonds is 4. The molecule has 0 aliphatic rings. The fourth-order valence-corrected chi connectivity index (χ4v) is 12.5. The monoisotopic (exact) mass is 708 g/mol. The van der Waals surface area contributed by atoms with Crippen LogP contribution >= 0.6 is 5.51 Å². The predicted molar refractivity (Wildman–Crippen MR) is 213 cm³/mol. The summed E-state index contributed by atoms with van der Waals surface area (Å²) >= 11 is 3.76. The zero-order chi connectivity index (χ0) is 32.5. The van der Waals surface area contributed by atoms with Crippen LogP contribution in [0.15, 0.2) is 176 Å². The van der Waals surface area contributed by atoms with Crippen molar-refractivity contribution in [2.24, 2.45) is 0 Å². The molecule has 2 aromatic heterocycles. The first-order valence-corrected chi connectivity index (χ1v) is 20.6. The molecule has 0 fully saturated rings. The standard InChI is InChI=1S/C45H29N2PSe/c49-48(36-13-3-1-4-14-36,37-15-5-2-6-16-37)38-23-24-39-40-28-35-26-33(32-20-19-30-11-7-8-12-31(30)25-32)21-22-34(35)27-41(40)45-46-42-17-9-10-18-43(42)47(45)44(39)29-38/h1-29H. The van der Waals surface area contributed by atoms with Crippen LogP contribution in [0, 0.1) is 0 Å². The van der Waals surface area contributed by atoms with E-state index < -0.39 is 5.51 Å². The van der Waals surface area contributed by atoms with Crippen molar-refractivity contribution in [2.75, 3.05) is 0 Å². The summed E-state index contributed by atoms with van der Waals surface area (Å²) in [5.74, 6) is 0. The maximum absolute atomic E-state index is 5.27. The molecule has 0 saturated heterocycles. The van der Waals surface area contributed by atoms with Gasteiger partial charge in [0.25, 0.3) is 0 Å². The van der Waals surface area contributed by atoms with E-state index in [0.29, 0.717) is 0 Å². The van der Waals surface area contributed by atoms with E-state index in [9.17, 15) is 0 Å². The minimum atomic E-state index is -2.07. The van der Waals surface area contributed by atoms with Crippen LogP contribution < -0.4 is 15.9 Å². The molecule has 10 aromatic rings. The van der Waals surface area contributed by atoms with E-state index in [-0.39, 0.29) is 0 Å². The zero-order valence-electron chi connectivity index (χ0n) is 26.5. The number of benzene rings is 8. The van der Waals surface area contributed by atoms with Gasteiger partial charge in [-0.25, -0.2) is 0 Å². The normalized spacial score (nSPS) is 12.2. The number of aromatic nitrogens is 2. The zero-order valence-corrected chi connectivity index (χ0v) is 29.1. The molecule has 2 heterocycles. The van der Waals surface area contributed by atoms with Crippen molar-refractivity contribution < 1.29 is 0 Å². The molecule has 0 aliphatic heterocycles. The van der Waals surface area contributed by atoms with Crippen LogP contribution in [0.2, 0.25) is 0 Å². The number of hydrogen-bond acceptors (Lipinski definition) is 1. The summed E-state index contributed by atoms with van der Waals surface area (Å²) in [6.45, 7) is 0. The Bertz CT molecular complexity index is 2920. The van der Waals surface area contributed by atoms with Crippen molar-refractivity contribution in [2.45, 2.75) is 0 Å². The third-order valence-corrected chi connectivity index (χ3v) is 17.0. The molecule has 49 heavy (non-hydrogen) atoms. The average Bonchev–Trinajstić information content (AvgIpc) is 3.57. The summed E-state index contributed by atoms with van der Waals surface area (Å²) in [7, 11) is 0. The number of para-hydroxylation sites is 2. The summed E-state index contributed by atoms with van der Waals surface area (Å²) in [6.07, 6.45) is 0. The Kier molecular flexibility index (Phi) is 6.51. The minimum absolute atomic E-state index is 0.991. The Morgan fingerprint density at radius 1 is 0.408 bits per heavy atom. The van der Waals surface area contributed by atoms with Crippen molar-refractivity contribution in [3.05, 3.63) is 176 Å². The second-order valence-corrected chi connectivity index (χ2v) is 19.0. The maximum atomic E-state index is 5.27. The third kappa shape index (κ3) is 4.48. The molecule has 0 N–H and O–H groups in total. The molecule has 0 radical (unpaired) electrons. The summed E-state index contributed by atoms with van der Waals surface area (Å²) in [5, 5.41) is 12.5. The Morgan fingerprint density at radius 2 is 1.00 bits per heavy atom. The van der Waals surface area contributed by atoms with Gasteiger partial charge in [0, 0.05) is 0 Å². The molecule has 0 saturated carbocycles. The third-order valence-electron chi connectivity index (χ3n) is 9.98. The molecule has 0 spiro atoms. The van der Waals surface area contributed by atoms with Crippen LogP contribution in [0.4, 0.5) is 0 Å². The van der Waals surface area contributed by atoms with Crippen molar-refractivity contribution in [3.8, 4) is 11.1 Å². The fourth-order valence-electron chi connectivity index (χ4n) is 7.56. The van der Waals surface area contributed by atoms with Crippen LogP contribution in [0.5, 0.6) is 0 Å². The van der Waals surface area contributed by atoms with Gasteiger partial charge in [-0.2, -0.15) is 0 Å². The molecule has 0 bridgehead atoms. The molecule has 0 unspecified atom stereocenters. The molecule has 8 aromatic carbocycles. The molecule has 0 amide bonds. The summed E-state index contributed by atoms with van der Waals surface area (Å²) in [4.78, 5) is 5.27. The van der Waals surface area contributed by atoms with E-state index in [1.54, 1.807) is 0 Å². The SMILES string of the molecule is [Se]=P(c1ccccc1)(c1ccccc1)c1ccc2c3cc4cc(-c5ccc6ccccc6c5)ccc4cc3c3nc4ccccc4n3c2c1. The number of nitrogens with zero attached hydrogens (tertiary/aromatic N) is 2. The van der Waals surface area contributed by atoms with Gasteiger partial charge in [-0.3, -0.25) is 0 Å². The molecule has 10 rings (SSSR count). The molecule has 2 nitrogen and oxygen atoms in total. The van der Waals surface area contributed by atoms with E-state index in [4.69, 9.17) is 4.98 Å². The molecule has 0 atom stereocenters. The predicted octanol–water partition coefficient (Wildman–Crippen LogP) is 10.1. The average molecular weight is 708 g/mol. The van der Waals surface area contributed by atoms with Gasteiger partial charge in [0.1, 0.15) is 0 Å². The second kappa shape index (κ2) is 11.1. The molecular weight excluding hydrogens is 678 g/mol. The van der Waals surface area contributed by atoms with E-state index >= 15 is 0 Å². The summed E-state index contributed by atoms with van der Waals surface area (Å²) in [5.41, 5.74) is 4.67. The summed E-state index contributed by atoms with van der Waals surface area (Å²) in [6, 6.07) is 64.4. The number of pyridine rings is 1. The first-order chi connectivity index (χ1) is 24.1. The summed E-state index contributed by atoms with van der Waals surface area (Å²) < 4.78 is 2.38. The van der Waals surface area contributed by atoms with Gasteiger partial charge in [-0.15, -0.1) is 0 Å². The van der Waals surface area contributed by atoms with E-state index in [2.05, 4.69) is 195 Å². The second-order valence-electron chi connectivity index (χ2n) is 12.8. The van der Waals surface area contributed by atoms with Gasteiger partial charge in [0.2, 0.25) is 0 Å². The van der Waals surface area contributed by atoms with Crippen LogP contribution in [-0.4, -0.2) is 24.5 Å². The number of hydrogen-bond donors (Lipinski definition) is 0. The first-order valence-electron chi connectivity index (χ1n) is 16.6. The quantitative estimate of drug-likeness (QED) is 0.0771. The van der Waals surface area contributed by atoms with Gasteiger partial charge in [0.15, 0.2) is 0 Å². The van der Waals surface area contributed by atoms with Crippen LogP contribution in [0.1, 0.15) is 0 Å². The van der Waals surface area contributed by atoms with Crippen LogP contribution in [0.25, 0.3) is 71.0 Å². The molecule has 0 aliphatic carbocycles. The van der Waals surface area contributed by atoms with E-state index in [1.165, 1.54) is 64.9 Å². The number of fused-ring (bicyclic) bond motifs is 10. The van der Waals surface area contributed by atoms with Gasteiger partial charge in [-0.05, 0) is 10.8 Å². The first kappa shape index (κ1) is 28.7. The molecule has 4 heteroatoms. The molecule has 230 valence electrons.